The lowest BCUT2D eigenvalue weighted by molar-refractivity contribution is 0.931. The van der Waals surface area contributed by atoms with Gasteiger partial charge in [0.05, 0.1) is 5.69 Å². The monoisotopic (exact) mass is 217 g/mol. The zero-order valence-corrected chi connectivity index (χ0v) is 9.24. The first-order valence-corrected chi connectivity index (χ1v) is 5.76. The fourth-order valence-electron chi connectivity index (χ4n) is 1.20. The van der Waals surface area contributed by atoms with Crippen molar-refractivity contribution in [2.45, 2.75) is 11.9 Å². The molecule has 15 heavy (non-hydrogen) atoms. The molecule has 0 fully saturated rings. The van der Waals surface area contributed by atoms with Crippen molar-refractivity contribution >= 4 is 11.8 Å². The van der Waals surface area contributed by atoms with Gasteiger partial charge in [-0.25, -0.2) is 0 Å². The second kappa shape index (κ2) is 4.89. The van der Waals surface area contributed by atoms with Crippen LogP contribution in [0.2, 0.25) is 0 Å². The topological polar surface area (TPSA) is 38.7 Å². The molecule has 0 aliphatic heterocycles. The predicted octanol–water partition coefficient (Wildman–Crippen LogP) is 2.65. The molecule has 0 atom stereocenters. The molecule has 0 N–H and O–H groups in total. The zero-order chi connectivity index (χ0) is 10.5. The third-order valence-corrected chi connectivity index (χ3v) is 2.66. The summed E-state index contributed by atoms with van der Waals surface area (Å²) in [6, 6.07) is 9.69. The van der Waals surface area contributed by atoms with E-state index < -0.39 is 0 Å². The van der Waals surface area contributed by atoms with E-state index in [2.05, 4.69) is 22.1 Å². The van der Waals surface area contributed by atoms with E-state index in [0.717, 1.165) is 22.2 Å². The van der Waals surface area contributed by atoms with Gasteiger partial charge in [-0.2, -0.15) is 0 Å². The van der Waals surface area contributed by atoms with Crippen LogP contribution in [0.25, 0.3) is 11.4 Å². The van der Waals surface area contributed by atoms with Crippen molar-refractivity contribution < 1.29 is 0 Å². The highest BCUT2D eigenvalue weighted by Gasteiger charge is 2.00. The SMILES string of the molecule is CCSc1ccc(-c2ccccn2)nn1. The predicted molar refractivity (Wildman–Crippen MR) is 61.7 cm³/mol. The van der Waals surface area contributed by atoms with Crippen molar-refractivity contribution in [3.8, 4) is 11.4 Å². The second-order valence-corrected chi connectivity index (χ2v) is 4.19. The van der Waals surface area contributed by atoms with E-state index in [4.69, 9.17) is 0 Å². The Morgan fingerprint density at radius 1 is 1.07 bits per heavy atom. The highest BCUT2D eigenvalue weighted by atomic mass is 32.2. The minimum Gasteiger partial charge on any atom is -0.255 e. The summed E-state index contributed by atoms with van der Waals surface area (Å²) in [5.74, 6) is 1.01. The van der Waals surface area contributed by atoms with Crippen molar-refractivity contribution in [1.29, 1.82) is 0 Å². The fraction of sp³-hybridized carbons (Fsp3) is 0.182. The Kier molecular flexibility index (Phi) is 3.29. The van der Waals surface area contributed by atoms with Gasteiger partial charge >= 0.3 is 0 Å². The molecule has 0 unspecified atom stereocenters. The molecule has 2 aromatic rings. The molecule has 0 saturated carbocycles. The average molecular weight is 217 g/mol. The first-order chi connectivity index (χ1) is 7.40. The summed E-state index contributed by atoms with van der Waals surface area (Å²) in [6.07, 6.45) is 1.76. The number of aromatic nitrogens is 3. The van der Waals surface area contributed by atoms with E-state index in [0.29, 0.717) is 0 Å². The molecule has 2 heterocycles. The largest absolute Gasteiger partial charge is 0.255 e. The van der Waals surface area contributed by atoms with Crippen LogP contribution in [0.5, 0.6) is 0 Å². The molecule has 0 bridgehead atoms. The minimum absolute atomic E-state index is 0.816. The summed E-state index contributed by atoms with van der Waals surface area (Å²) in [6.45, 7) is 2.10. The maximum Gasteiger partial charge on any atom is 0.119 e. The van der Waals surface area contributed by atoms with Crippen molar-refractivity contribution in [3.63, 3.8) is 0 Å². The molecule has 0 aliphatic carbocycles. The van der Waals surface area contributed by atoms with Gasteiger partial charge in [0.15, 0.2) is 0 Å². The number of hydrogen-bond donors (Lipinski definition) is 0. The number of thioether (sulfide) groups is 1. The molecular formula is C11H11N3S. The molecule has 2 aromatic heterocycles. The van der Waals surface area contributed by atoms with Gasteiger partial charge in [-0.05, 0) is 30.0 Å². The van der Waals surface area contributed by atoms with Crippen molar-refractivity contribution in [2.24, 2.45) is 0 Å². The maximum absolute atomic E-state index is 4.22. The van der Waals surface area contributed by atoms with Gasteiger partial charge in [-0.3, -0.25) is 4.98 Å². The van der Waals surface area contributed by atoms with Crippen LogP contribution in [0.1, 0.15) is 6.92 Å². The van der Waals surface area contributed by atoms with Crippen LogP contribution in [0, 0.1) is 0 Å². The summed E-state index contributed by atoms with van der Waals surface area (Å²) in [5.41, 5.74) is 1.68. The van der Waals surface area contributed by atoms with E-state index in [1.54, 1.807) is 18.0 Å². The second-order valence-electron chi connectivity index (χ2n) is 2.90. The standard InChI is InChI=1S/C11H11N3S/c1-2-15-11-7-6-10(13-14-11)9-5-3-4-8-12-9/h3-8H,2H2,1H3. The van der Waals surface area contributed by atoms with Crippen LogP contribution < -0.4 is 0 Å². The quantitative estimate of drug-likeness (QED) is 0.741. The molecule has 0 amide bonds. The molecule has 3 nitrogen and oxygen atoms in total. The molecule has 2 rings (SSSR count). The molecule has 0 aliphatic rings. The first kappa shape index (κ1) is 10.1. The molecule has 0 aromatic carbocycles. The number of nitrogens with zero attached hydrogens (tertiary/aromatic N) is 3. The summed E-state index contributed by atoms with van der Waals surface area (Å²) < 4.78 is 0. The fourth-order valence-corrected chi connectivity index (χ4v) is 1.75. The van der Waals surface area contributed by atoms with Gasteiger partial charge in [-0.15, -0.1) is 22.0 Å². The third-order valence-electron chi connectivity index (χ3n) is 1.86. The number of rotatable bonds is 3. The molecule has 76 valence electrons. The lowest BCUT2D eigenvalue weighted by atomic mass is 10.2. The molecule has 4 heteroatoms. The normalized spacial score (nSPS) is 10.2. The summed E-state index contributed by atoms with van der Waals surface area (Å²) in [7, 11) is 0. The van der Waals surface area contributed by atoms with Gasteiger partial charge in [0.2, 0.25) is 0 Å². The van der Waals surface area contributed by atoms with Gasteiger partial charge in [-0.1, -0.05) is 13.0 Å². The van der Waals surface area contributed by atoms with Crippen molar-refractivity contribution in [2.75, 3.05) is 5.75 Å². The minimum atomic E-state index is 0.816. The van der Waals surface area contributed by atoms with Gasteiger partial charge in [0, 0.05) is 6.20 Å². The van der Waals surface area contributed by atoms with E-state index in [-0.39, 0.29) is 0 Å². The van der Waals surface area contributed by atoms with Crippen molar-refractivity contribution in [1.82, 2.24) is 15.2 Å². The zero-order valence-electron chi connectivity index (χ0n) is 8.42. The van der Waals surface area contributed by atoms with E-state index in [9.17, 15) is 0 Å². The van der Waals surface area contributed by atoms with Crippen LogP contribution >= 0.6 is 11.8 Å². The third kappa shape index (κ3) is 2.53. The summed E-state index contributed by atoms with van der Waals surface area (Å²) in [4.78, 5) is 4.22. The highest BCUT2D eigenvalue weighted by Crippen LogP contribution is 2.17. The Hall–Kier alpha value is -1.42. The summed E-state index contributed by atoms with van der Waals surface area (Å²) in [5, 5.41) is 9.21. The van der Waals surface area contributed by atoms with E-state index >= 15 is 0 Å². The Morgan fingerprint density at radius 3 is 2.60 bits per heavy atom. The van der Waals surface area contributed by atoms with Crippen LogP contribution in [-0.4, -0.2) is 20.9 Å². The first-order valence-electron chi connectivity index (χ1n) is 4.78. The van der Waals surface area contributed by atoms with Gasteiger partial charge < -0.3 is 0 Å². The highest BCUT2D eigenvalue weighted by molar-refractivity contribution is 7.99. The smallest absolute Gasteiger partial charge is 0.119 e. The maximum atomic E-state index is 4.22. The molecule has 0 saturated heterocycles. The van der Waals surface area contributed by atoms with Crippen LogP contribution in [0.3, 0.4) is 0 Å². The number of pyridine rings is 1. The van der Waals surface area contributed by atoms with Crippen molar-refractivity contribution in [3.05, 3.63) is 36.5 Å². The molecular weight excluding hydrogens is 206 g/mol. The van der Waals surface area contributed by atoms with E-state index in [1.165, 1.54) is 0 Å². The van der Waals surface area contributed by atoms with Crippen LogP contribution in [-0.2, 0) is 0 Å². The number of hydrogen-bond acceptors (Lipinski definition) is 4. The van der Waals surface area contributed by atoms with Gasteiger partial charge in [0.1, 0.15) is 10.7 Å². The molecule has 0 radical (unpaired) electrons. The Balaban J connectivity index is 2.24. The lowest BCUT2D eigenvalue weighted by Crippen LogP contribution is -1.90. The Morgan fingerprint density at radius 2 is 2.00 bits per heavy atom. The lowest BCUT2D eigenvalue weighted by Gasteiger charge is -1.99. The Bertz CT molecular complexity index is 414. The van der Waals surface area contributed by atoms with E-state index in [1.807, 2.05) is 30.3 Å². The summed E-state index contributed by atoms with van der Waals surface area (Å²) >= 11 is 1.69. The molecule has 0 spiro atoms. The Labute approximate surface area is 93.0 Å². The van der Waals surface area contributed by atoms with Crippen LogP contribution in [0.4, 0.5) is 0 Å². The van der Waals surface area contributed by atoms with Crippen LogP contribution in [0.15, 0.2) is 41.6 Å². The van der Waals surface area contributed by atoms with Gasteiger partial charge in [0.25, 0.3) is 0 Å². The average Bonchev–Trinajstić information content (AvgIpc) is 2.32.